The van der Waals surface area contributed by atoms with Crippen LogP contribution in [0, 0.1) is 83.1 Å². The van der Waals surface area contributed by atoms with Crippen molar-refractivity contribution in [2.45, 2.75) is 142 Å². The van der Waals surface area contributed by atoms with E-state index in [2.05, 4.69) is 369 Å². The van der Waals surface area contributed by atoms with Crippen LogP contribution in [0.1, 0.15) is 126 Å². The third-order valence-corrected chi connectivity index (χ3v) is 20.7. The molecule has 0 saturated heterocycles. The van der Waals surface area contributed by atoms with Crippen molar-refractivity contribution >= 4 is 33.6 Å². The molecule has 0 unspecified atom stereocenters. The summed E-state index contributed by atoms with van der Waals surface area (Å²) in [5, 5.41) is 9.37. The lowest BCUT2D eigenvalue weighted by atomic mass is 10.0. The predicted molar refractivity (Wildman–Crippen MR) is 554 cm³/mol. The number of aromatic amines is 1. The van der Waals surface area contributed by atoms with Crippen LogP contribution in [0.4, 0.5) is 0 Å². The van der Waals surface area contributed by atoms with Gasteiger partial charge in [0.15, 0.2) is 5.82 Å². The molecule has 9 heterocycles. The second-order valence-corrected chi connectivity index (χ2v) is 30.9. The van der Waals surface area contributed by atoms with E-state index in [4.69, 9.17) is 8.94 Å². The molecule has 19 aromatic rings. The molecule has 10 aromatic carbocycles. The number of hydrogen-bond acceptors (Lipinski definition) is 11. The standard InChI is InChI=1S/C15H12O.C12H13NO.2C12H11N.C12H12S.2C11H10N2.C11H11N.C11H10S.8CH4/c1-11-6-8-12(9-7-11)15-10-13-4-2-3-5-14(13)16-15;1-8-4-6-11(7-5-8)12-9(2)13-14-10(12)3;1-10-2-4-11(5-3-10)12-6-8-13-9-7-12;1-10-4-6-11(7-5-10)12-3-2-8-13-9-12;1-9-3-6-11(7-4-9)12-8-5-10(2)13-12;1-9-3-5-10(6-4-9)11-12-7-2-8-13-11;1-9-2-4-10(5-3-9)11-6-12-8-13-7-11;1-9-4-6-10(7-5-9)11-3-2-8-12-11;1-9-2-4-10(5-3-9)11-6-7-12-8-11;;;;;;;;/h2-10H,1H3;4-7H,1-3H3;2*2-9H,1H3;3-8H,1-2H3;2*2-8H,1H3;2-8,12H,1H3;2-8H,1H3;8*1H4. The van der Waals surface area contributed by atoms with E-state index in [1.807, 2.05) is 123 Å². The van der Waals surface area contributed by atoms with Crippen LogP contribution in [0.15, 0.2) is 391 Å². The summed E-state index contributed by atoms with van der Waals surface area (Å²) < 4.78 is 10.9. The lowest BCUT2D eigenvalue weighted by Gasteiger charge is -2.00. The number of nitrogens with one attached hydrogen (secondary N) is 1. The Labute approximate surface area is 768 Å². The molecule has 0 atom stereocenters. The van der Waals surface area contributed by atoms with Gasteiger partial charge in [0.2, 0.25) is 0 Å². The minimum Gasteiger partial charge on any atom is -0.456 e. The number of pyridine rings is 2. The Kier molecular flexibility index (Phi) is 47.3. The fourth-order valence-corrected chi connectivity index (χ4v) is 13.6. The maximum Gasteiger partial charge on any atom is 0.159 e. The fraction of sp³-hybridized carbons (Fsp3) is 0.174. The van der Waals surface area contributed by atoms with Crippen LogP contribution in [0.2, 0.25) is 0 Å². The Hall–Kier alpha value is -13.9. The van der Waals surface area contributed by atoms with Gasteiger partial charge in [0, 0.05) is 98.9 Å². The van der Waals surface area contributed by atoms with E-state index in [0.29, 0.717) is 0 Å². The average molecular weight is 1720 g/mol. The van der Waals surface area contributed by atoms with E-state index in [1.54, 1.807) is 29.9 Å². The summed E-state index contributed by atoms with van der Waals surface area (Å²) in [6.07, 6.45) is 17.9. The smallest absolute Gasteiger partial charge is 0.159 e. The zero-order valence-electron chi connectivity index (χ0n) is 69.6. The number of furan rings is 1. The van der Waals surface area contributed by atoms with Crippen LogP contribution in [0.5, 0.6) is 0 Å². The molecule has 12 heteroatoms. The molecule has 0 amide bonds. The normalized spacial score (nSPS) is 9.54. The number of fused-ring (bicyclic) bond motifs is 1. The second-order valence-electron chi connectivity index (χ2n) is 28.8. The van der Waals surface area contributed by atoms with Gasteiger partial charge in [-0.25, -0.2) is 19.9 Å². The molecule has 1 N–H and O–H groups in total. The molecule has 0 spiro atoms. The lowest BCUT2D eigenvalue weighted by Crippen LogP contribution is -1.85. The lowest BCUT2D eigenvalue weighted by molar-refractivity contribution is 0.393. The van der Waals surface area contributed by atoms with Crippen molar-refractivity contribution in [1.82, 2.24) is 40.0 Å². The first kappa shape index (κ1) is 107. The Balaban J connectivity index is 0.000000366. The number of para-hydroxylation sites is 1. The summed E-state index contributed by atoms with van der Waals surface area (Å²) in [7, 11) is 0. The number of rotatable bonds is 9. The van der Waals surface area contributed by atoms with Crippen molar-refractivity contribution < 1.29 is 8.94 Å². The van der Waals surface area contributed by atoms with Crippen molar-refractivity contribution in [2.24, 2.45) is 0 Å². The number of aromatic nitrogens is 8. The van der Waals surface area contributed by atoms with Gasteiger partial charge < -0.3 is 13.9 Å². The average Bonchev–Trinajstić information content (AvgIpc) is 1.68. The first-order valence-electron chi connectivity index (χ1n) is 39.5. The molecule has 0 saturated carbocycles. The monoisotopic (exact) mass is 1720 g/mol. The van der Waals surface area contributed by atoms with Gasteiger partial charge in [0.05, 0.1) is 5.69 Å². The molecule has 0 aliphatic carbocycles. The van der Waals surface area contributed by atoms with Crippen LogP contribution in [0.25, 0.3) is 111 Å². The highest BCUT2D eigenvalue weighted by Gasteiger charge is 2.11. The number of thiophene rings is 2. The number of aryl methyl sites for hydroxylation is 12. The van der Waals surface area contributed by atoms with Crippen molar-refractivity contribution in [3.05, 3.63) is 449 Å². The SMILES string of the molecule is C.C.C.C.C.C.C.C.Cc1ccc(-c2c(C)noc2C)cc1.Cc1ccc(-c2cc3ccccc3o2)cc1.Cc1ccc(-c2ccc(C)s2)cc1.Cc1ccc(-c2ccc[nH]2)cc1.Cc1ccc(-c2cccnc2)cc1.Cc1ccc(-c2ccncc2)cc1.Cc1ccc(-c2ccsc2)cc1.Cc1ccc(-c2cncnc2)cc1.Cc1ccc(-c2ncccn2)cc1. The van der Waals surface area contributed by atoms with Crippen molar-refractivity contribution in [3.8, 4) is 100 Å². The Bertz CT molecular complexity index is 5610. The van der Waals surface area contributed by atoms with Gasteiger partial charge in [0.25, 0.3) is 0 Å². The molecular formula is C115H132N8O2S2. The van der Waals surface area contributed by atoms with Crippen LogP contribution in [-0.4, -0.2) is 40.0 Å². The van der Waals surface area contributed by atoms with E-state index in [0.717, 1.165) is 61.8 Å². The molecule has 9 aromatic heterocycles. The zero-order chi connectivity index (χ0) is 83.5. The highest BCUT2D eigenvalue weighted by Crippen LogP contribution is 2.32. The summed E-state index contributed by atoms with van der Waals surface area (Å²) in [4.78, 5) is 30.3. The Morgan fingerprint density at radius 1 is 0.299 bits per heavy atom. The maximum atomic E-state index is 5.79. The number of nitrogens with zero attached hydrogens (tertiary/aromatic N) is 7. The van der Waals surface area contributed by atoms with Crippen LogP contribution in [0.3, 0.4) is 0 Å². The topological polar surface area (TPSA) is 132 Å². The summed E-state index contributed by atoms with van der Waals surface area (Å²) in [5.74, 6) is 2.59. The van der Waals surface area contributed by atoms with Crippen molar-refractivity contribution in [1.29, 1.82) is 0 Å². The molecule has 656 valence electrons. The van der Waals surface area contributed by atoms with Crippen LogP contribution >= 0.6 is 22.7 Å². The van der Waals surface area contributed by atoms with Crippen LogP contribution in [-0.2, 0) is 0 Å². The third-order valence-electron chi connectivity index (χ3n) is 19.0. The number of hydrogen-bond donors (Lipinski definition) is 1. The first-order valence-corrected chi connectivity index (χ1v) is 41.3. The summed E-state index contributed by atoms with van der Waals surface area (Å²) >= 11 is 3.59. The highest BCUT2D eigenvalue weighted by molar-refractivity contribution is 7.15. The quantitative estimate of drug-likeness (QED) is 0.150. The van der Waals surface area contributed by atoms with E-state index >= 15 is 0 Å². The van der Waals surface area contributed by atoms with Crippen molar-refractivity contribution in [3.63, 3.8) is 0 Å². The van der Waals surface area contributed by atoms with Gasteiger partial charge in [-0.2, -0.15) is 11.3 Å². The molecule has 0 fully saturated rings. The van der Waals surface area contributed by atoms with Crippen LogP contribution < -0.4 is 0 Å². The number of H-pyrrole nitrogens is 1. The van der Waals surface area contributed by atoms with E-state index in [9.17, 15) is 0 Å². The minimum atomic E-state index is 0. The second kappa shape index (κ2) is 56.1. The third kappa shape index (κ3) is 34.3. The summed E-state index contributed by atoms with van der Waals surface area (Å²) in [6.45, 7) is 24.9. The molecule has 10 nitrogen and oxygen atoms in total. The molecular weight excluding hydrogens is 1590 g/mol. The molecule has 0 aliphatic heterocycles. The van der Waals surface area contributed by atoms with Gasteiger partial charge in [-0.15, -0.1) is 11.3 Å². The highest BCUT2D eigenvalue weighted by atomic mass is 32.1. The van der Waals surface area contributed by atoms with Crippen molar-refractivity contribution in [2.75, 3.05) is 0 Å². The Morgan fingerprint density at radius 2 is 0.717 bits per heavy atom. The van der Waals surface area contributed by atoms with Gasteiger partial charge in [-0.3, -0.25) is 9.97 Å². The van der Waals surface area contributed by atoms with E-state index < -0.39 is 0 Å². The molecule has 19 rings (SSSR count). The zero-order valence-corrected chi connectivity index (χ0v) is 71.3. The van der Waals surface area contributed by atoms with Gasteiger partial charge in [0.1, 0.15) is 23.4 Å². The minimum absolute atomic E-state index is 0. The van der Waals surface area contributed by atoms with E-state index in [-0.39, 0.29) is 59.4 Å². The largest absolute Gasteiger partial charge is 0.456 e. The Morgan fingerprint density at radius 3 is 1.13 bits per heavy atom. The fourth-order valence-electron chi connectivity index (χ4n) is 12.1. The van der Waals surface area contributed by atoms with E-state index in [1.165, 1.54) is 122 Å². The van der Waals surface area contributed by atoms with Gasteiger partial charge in [-0.1, -0.05) is 357 Å². The molecule has 0 radical (unpaired) electrons. The molecule has 0 bridgehead atoms. The summed E-state index contributed by atoms with van der Waals surface area (Å²) in [5.41, 5.74) is 31.3. The molecule has 0 aliphatic rings. The molecule has 127 heavy (non-hydrogen) atoms. The van der Waals surface area contributed by atoms with Gasteiger partial charge >= 0.3 is 0 Å². The summed E-state index contributed by atoms with van der Waals surface area (Å²) in [6, 6.07) is 107. The predicted octanol–water partition coefficient (Wildman–Crippen LogP) is 34.5. The first-order chi connectivity index (χ1) is 57.9. The van der Waals surface area contributed by atoms with Gasteiger partial charge in [-0.05, 0) is 216 Å². The maximum absolute atomic E-state index is 5.79. The number of benzene rings is 10.